The first-order valence-corrected chi connectivity index (χ1v) is 9.55. The first-order chi connectivity index (χ1) is 11.1. The molecule has 0 saturated carbocycles. The number of aliphatic hydroxyl groups excluding tert-OH is 3. The Morgan fingerprint density at radius 3 is 1.83 bits per heavy atom. The summed E-state index contributed by atoms with van der Waals surface area (Å²) in [6.45, 7) is 10.1. The van der Waals surface area contributed by atoms with E-state index >= 15 is 0 Å². The molecule has 0 aromatic carbocycles. The molecule has 138 valence electrons. The smallest absolute Gasteiger partial charge is 0.0992 e. The third-order valence-corrected chi connectivity index (χ3v) is 5.05. The summed E-state index contributed by atoms with van der Waals surface area (Å²) in [6, 6.07) is -0.414. The molecule has 3 N–H and O–H groups in total. The predicted octanol–water partition coefficient (Wildman–Crippen LogP) is 1.46. The highest BCUT2D eigenvalue weighted by molar-refractivity contribution is 5.01. The third kappa shape index (κ3) is 5.98. The Hall–Kier alpha value is -0.200. The zero-order valence-corrected chi connectivity index (χ0v) is 15.3. The third-order valence-electron chi connectivity index (χ3n) is 5.05. The molecule has 1 rings (SSSR count). The number of unbranched alkanes of at least 4 members (excludes halogenated alkanes) is 3. The van der Waals surface area contributed by atoms with E-state index in [2.05, 4.69) is 30.6 Å². The molecule has 4 unspecified atom stereocenters. The maximum Gasteiger partial charge on any atom is 0.0992 e. The van der Waals surface area contributed by atoms with Crippen LogP contribution in [-0.4, -0.2) is 82.2 Å². The van der Waals surface area contributed by atoms with Crippen LogP contribution in [0.3, 0.4) is 0 Å². The number of aliphatic hydroxyl groups is 3. The van der Waals surface area contributed by atoms with Crippen LogP contribution in [0.2, 0.25) is 0 Å². The Kier molecular flexibility index (Phi) is 10.3. The molecular formula is C18H38N2O3. The first-order valence-electron chi connectivity index (χ1n) is 9.55. The monoisotopic (exact) mass is 330 g/mol. The molecule has 0 amide bonds. The van der Waals surface area contributed by atoms with Crippen molar-refractivity contribution in [2.45, 2.75) is 83.6 Å². The van der Waals surface area contributed by atoms with E-state index in [9.17, 15) is 15.3 Å². The van der Waals surface area contributed by atoms with Crippen molar-refractivity contribution in [3.63, 3.8) is 0 Å². The number of rotatable bonds is 12. The lowest BCUT2D eigenvalue weighted by Crippen LogP contribution is -2.48. The molecule has 1 heterocycles. The molecule has 0 radical (unpaired) electrons. The van der Waals surface area contributed by atoms with Crippen LogP contribution < -0.4 is 0 Å². The summed E-state index contributed by atoms with van der Waals surface area (Å²) in [4.78, 5) is 4.57. The summed E-state index contributed by atoms with van der Waals surface area (Å²) >= 11 is 0. The number of likely N-dealkylation sites (tertiary alicyclic amines) is 1. The van der Waals surface area contributed by atoms with E-state index in [0.29, 0.717) is 0 Å². The molecule has 0 aliphatic carbocycles. The summed E-state index contributed by atoms with van der Waals surface area (Å²) in [5, 5.41) is 30.4. The van der Waals surface area contributed by atoms with Gasteiger partial charge in [-0.3, -0.25) is 4.90 Å². The normalized spacial score (nSPS) is 28.8. The second-order valence-electron chi connectivity index (χ2n) is 6.90. The van der Waals surface area contributed by atoms with Crippen molar-refractivity contribution >= 4 is 0 Å². The van der Waals surface area contributed by atoms with Gasteiger partial charge in [-0.05, 0) is 38.9 Å². The molecule has 0 spiro atoms. The molecular weight excluding hydrogens is 292 g/mol. The van der Waals surface area contributed by atoms with Crippen molar-refractivity contribution in [1.82, 2.24) is 9.80 Å². The van der Waals surface area contributed by atoms with Crippen molar-refractivity contribution < 1.29 is 15.3 Å². The molecule has 0 bridgehead atoms. The molecule has 5 heteroatoms. The maximum atomic E-state index is 10.5. The van der Waals surface area contributed by atoms with E-state index in [1.165, 1.54) is 0 Å². The zero-order valence-electron chi connectivity index (χ0n) is 15.3. The first kappa shape index (κ1) is 20.8. The molecule has 0 aromatic heterocycles. The molecule has 1 aliphatic heterocycles. The van der Waals surface area contributed by atoms with Crippen LogP contribution in [0.25, 0.3) is 0 Å². The van der Waals surface area contributed by atoms with Crippen molar-refractivity contribution in [3.8, 4) is 0 Å². The fourth-order valence-corrected chi connectivity index (χ4v) is 3.51. The van der Waals surface area contributed by atoms with Crippen LogP contribution in [0, 0.1) is 0 Å². The molecule has 0 aromatic rings. The largest absolute Gasteiger partial charge is 0.395 e. The highest BCUT2D eigenvalue weighted by Gasteiger charge is 2.47. The number of nitrogens with zero attached hydrogens (tertiary/aromatic N) is 2. The summed E-state index contributed by atoms with van der Waals surface area (Å²) in [5.74, 6) is 0. The van der Waals surface area contributed by atoms with E-state index < -0.39 is 12.2 Å². The summed E-state index contributed by atoms with van der Waals surface area (Å²) in [6.07, 6.45) is 5.13. The standard InChI is InChI=1S/C18H38N2O3/c1-4-7-10-19(11-8-5-2)13-15-17(22)18(23)16(14-21)20(15)12-9-6-3/h15-18,21-23H,4-14H2,1-3H3. The number of hydrogen-bond acceptors (Lipinski definition) is 5. The lowest BCUT2D eigenvalue weighted by molar-refractivity contribution is 0.0151. The van der Waals surface area contributed by atoms with Gasteiger partial charge in [-0.25, -0.2) is 0 Å². The van der Waals surface area contributed by atoms with Crippen LogP contribution in [0.5, 0.6) is 0 Å². The van der Waals surface area contributed by atoms with Gasteiger partial charge in [-0.1, -0.05) is 40.0 Å². The summed E-state index contributed by atoms with van der Waals surface area (Å²) in [5.41, 5.74) is 0. The van der Waals surface area contributed by atoms with E-state index in [4.69, 9.17) is 0 Å². The highest BCUT2D eigenvalue weighted by atomic mass is 16.3. The Morgan fingerprint density at radius 1 is 0.826 bits per heavy atom. The Bertz CT molecular complexity index is 296. The van der Waals surface area contributed by atoms with E-state index in [0.717, 1.165) is 64.7 Å². The van der Waals surface area contributed by atoms with Crippen LogP contribution in [0.15, 0.2) is 0 Å². The quantitative estimate of drug-likeness (QED) is 0.505. The van der Waals surface area contributed by atoms with Crippen molar-refractivity contribution in [3.05, 3.63) is 0 Å². The SMILES string of the molecule is CCCCN(CCCC)CC1C(O)C(O)C(CO)N1CCCC. The van der Waals surface area contributed by atoms with Crippen molar-refractivity contribution in [2.24, 2.45) is 0 Å². The average Bonchev–Trinajstić information content (AvgIpc) is 2.78. The lowest BCUT2D eigenvalue weighted by atomic mass is 10.1. The highest BCUT2D eigenvalue weighted by Crippen LogP contribution is 2.26. The minimum Gasteiger partial charge on any atom is -0.395 e. The van der Waals surface area contributed by atoms with Crippen molar-refractivity contribution in [2.75, 3.05) is 32.8 Å². The van der Waals surface area contributed by atoms with Crippen molar-refractivity contribution in [1.29, 1.82) is 0 Å². The van der Waals surface area contributed by atoms with Gasteiger partial charge < -0.3 is 20.2 Å². The molecule has 4 atom stereocenters. The van der Waals surface area contributed by atoms with E-state index in [-0.39, 0.29) is 18.7 Å². The Morgan fingerprint density at radius 2 is 1.35 bits per heavy atom. The molecule has 1 saturated heterocycles. The number of hydrogen-bond donors (Lipinski definition) is 3. The van der Waals surface area contributed by atoms with E-state index in [1.807, 2.05) is 0 Å². The predicted molar refractivity (Wildman–Crippen MR) is 94.5 cm³/mol. The van der Waals surface area contributed by atoms with Gasteiger partial charge in [0, 0.05) is 6.54 Å². The van der Waals surface area contributed by atoms with Crippen LogP contribution in [-0.2, 0) is 0 Å². The fraction of sp³-hybridized carbons (Fsp3) is 1.00. The second-order valence-corrected chi connectivity index (χ2v) is 6.90. The molecule has 5 nitrogen and oxygen atoms in total. The van der Waals surface area contributed by atoms with Gasteiger partial charge in [-0.2, -0.15) is 0 Å². The van der Waals surface area contributed by atoms with E-state index in [1.54, 1.807) is 0 Å². The van der Waals surface area contributed by atoms with Gasteiger partial charge in [0.05, 0.1) is 30.9 Å². The topological polar surface area (TPSA) is 67.2 Å². The van der Waals surface area contributed by atoms with Gasteiger partial charge in [0.1, 0.15) is 0 Å². The average molecular weight is 331 g/mol. The minimum atomic E-state index is -0.846. The van der Waals surface area contributed by atoms with Gasteiger partial charge in [0.2, 0.25) is 0 Å². The second kappa shape index (κ2) is 11.4. The maximum absolute atomic E-state index is 10.5. The molecule has 23 heavy (non-hydrogen) atoms. The van der Waals surface area contributed by atoms with Crippen LogP contribution in [0.1, 0.15) is 59.3 Å². The van der Waals surface area contributed by atoms with Gasteiger partial charge >= 0.3 is 0 Å². The lowest BCUT2D eigenvalue weighted by Gasteiger charge is -2.33. The molecule has 1 fully saturated rings. The van der Waals surface area contributed by atoms with Gasteiger partial charge in [-0.15, -0.1) is 0 Å². The van der Waals surface area contributed by atoms with Crippen LogP contribution >= 0.6 is 0 Å². The summed E-state index contributed by atoms with van der Waals surface area (Å²) < 4.78 is 0. The van der Waals surface area contributed by atoms with Gasteiger partial charge in [0.15, 0.2) is 0 Å². The zero-order chi connectivity index (χ0) is 17.2. The van der Waals surface area contributed by atoms with Gasteiger partial charge in [0.25, 0.3) is 0 Å². The molecule has 1 aliphatic rings. The van der Waals surface area contributed by atoms with Crippen LogP contribution in [0.4, 0.5) is 0 Å². The fourth-order valence-electron chi connectivity index (χ4n) is 3.51. The Labute approximate surface area is 142 Å². The summed E-state index contributed by atoms with van der Waals surface area (Å²) in [7, 11) is 0. The minimum absolute atomic E-state index is 0.0811. The Balaban J connectivity index is 2.76.